The molecule has 5 heteroatoms. The highest BCUT2D eigenvalue weighted by molar-refractivity contribution is 7.55. The minimum atomic E-state index is -3.80. The zero-order chi connectivity index (χ0) is 9.83. The van der Waals surface area contributed by atoms with E-state index in [0.717, 1.165) is 0 Å². The van der Waals surface area contributed by atoms with Gasteiger partial charge >= 0.3 is 7.60 Å². The van der Waals surface area contributed by atoms with Crippen LogP contribution in [0.5, 0.6) is 0 Å². The summed E-state index contributed by atoms with van der Waals surface area (Å²) < 4.78 is 34.8. The molecule has 0 fully saturated rings. The number of hydrogen-bond donors (Lipinski definition) is 0. The summed E-state index contributed by atoms with van der Waals surface area (Å²) in [4.78, 5) is 0. The smallest absolute Gasteiger partial charge is 0.308 e. The van der Waals surface area contributed by atoms with Gasteiger partial charge in [0, 0.05) is 0 Å². The van der Waals surface area contributed by atoms with Crippen LogP contribution in [0.15, 0.2) is 0 Å². The molecular weight excluding hydrogens is 174 g/mol. The normalized spacial score (nSPS) is 16.3. The van der Waals surface area contributed by atoms with Gasteiger partial charge in [0.25, 0.3) is 0 Å². The molecule has 0 amide bonds. The predicted octanol–water partition coefficient (Wildman–Crippen LogP) is 2.45. The van der Waals surface area contributed by atoms with Gasteiger partial charge in [-0.2, -0.15) is 0 Å². The Kier molecular flexibility index (Phi) is 3.65. The highest BCUT2D eigenvalue weighted by atomic mass is 35.5. The molecule has 0 radical (unpaired) electrons. The summed E-state index contributed by atoms with van der Waals surface area (Å²) in [7, 11) is -3.80. The minimum absolute atomic E-state index is 0.101. The molecule has 0 heterocycles. The third kappa shape index (κ3) is 3.57. The SMILES string of the molecule is [2H]C([2H])(Cl)P(=O)(OCC)OCC. The molecule has 0 spiro atoms. The van der Waals surface area contributed by atoms with Gasteiger partial charge in [-0.05, 0) is 13.8 Å². The Bertz CT molecular complexity index is 172. The maximum absolute atomic E-state index is 11.5. The fraction of sp³-hybridized carbons (Fsp3) is 1.00. The average molecular weight is 189 g/mol. The number of alkyl halides is 1. The first-order chi connectivity index (χ1) is 5.37. The molecule has 0 aliphatic rings. The lowest BCUT2D eigenvalue weighted by Gasteiger charge is -2.12. The molecule has 0 saturated carbocycles. The predicted molar refractivity (Wildman–Crippen MR) is 41.6 cm³/mol. The van der Waals surface area contributed by atoms with Crippen molar-refractivity contribution in [2.45, 2.75) is 13.8 Å². The van der Waals surface area contributed by atoms with Crippen molar-refractivity contribution >= 4 is 19.2 Å². The molecule has 0 aliphatic carbocycles. The van der Waals surface area contributed by atoms with Crippen LogP contribution in [0, 0.1) is 0 Å². The van der Waals surface area contributed by atoms with Crippen LogP contribution in [0.2, 0.25) is 0 Å². The maximum Gasteiger partial charge on any atom is 0.345 e. The van der Waals surface area contributed by atoms with Crippen LogP contribution in [0.4, 0.5) is 0 Å². The molecule has 0 N–H and O–H groups in total. The van der Waals surface area contributed by atoms with Crippen LogP contribution < -0.4 is 0 Å². The van der Waals surface area contributed by atoms with Gasteiger partial charge in [-0.1, -0.05) is 0 Å². The highest BCUT2D eigenvalue weighted by Gasteiger charge is 2.20. The zero-order valence-electron chi connectivity index (χ0n) is 7.96. The van der Waals surface area contributed by atoms with Crippen molar-refractivity contribution < 1.29 is 16.4 Å². The molecule has 0 aromatic heterocycles. The first-order valence-corrected chi connectivity index (χ1v) is 4.87. The van der Waals surface area contributed by atoms with Gasteiger partial charge in [-0.15, -0.1) is 11.6 Å². The van der Waals surface area contributed by atoms with E-state index in [1.54, 1.807) is 13.8 Å². The fourth-order valence-corrected chi connectivity index (χ4v) is 1.57. The highest BCUT2D eigenvalue weighted by Crippen LogP contribution is 2.48. The Morgan fingerprint density at radius 1 is 1.50 bits per heavy atom. The first kappa shape index (κ1) is 7.11. The molecule has 0 aliphatic heterocycles. The molecule has 10 heavy (non-hydrogen) atoms. The van der Waals surface area contributed by atoms with Gasteiger partial charge in [0.05, 0.1) is 16.0 Å². The van der Waals surface area contributed by atoms with Crippen molar-refractivity contribution in [3.63, 3.8) is 0 Å². The summed E-state index contributed by atoms with van der Waals surface area (Å²) in [6, 6.07) is 0. The maximum atomic E-state index is 11.5. The van der Waals surface area contributed by atoms with E-state index in [4.69, 9.17) is 14.3 Å². The van der Waals surface area contributed by atoms with E-state index < -0.39 is 13.2 Å². The van der Waals surface area contributed by atoms with E-state index in [9.17, 15) is 4.57 Å². The van der Waals surface area contributed by atoms with Crippen LogP contribution in [0.1, 0.15) is 16.6 Å². The Balaban J connectivity index is 4.51. The zero-order valence-corrected chi connectivity index (χ0v) is 7.61. The number of halogens is 1. The van der Waals surface area contributed by atoms with E-state index >= 15 is 0 Å². The summed E-state index contributed by atoms with van der Waals surface area (Å²) in [6.45, 7) is 3.38. The molecule has 0 aromatic rings. The summed E-state index contributed by atoms with van der Waals surface area (Å²) in [5.41, 5.74) is -2.46. The van der Waals surface area contributed by atoms with Crippen LogP contribution in [-0.2, 0) is 13.6 Å². The lowest BCUT2D eigenvalue weighted by molar-refractivity contribution is 0.224. The van der Waals surface area contributed by atoms with Crippen molar-refractivity contribution in [1.82, 2.24) is 0 Å². The van der Waals surface area contributed by atoms with Crippen LogP contribution >= 0.6 is 19.2 Å². The summed E-state index contributed by atoms with van der Waals surface area (Å²) in [5.74, 6) is 0. The molecular formula is C5H12ClO3P. The third-order valence-electron chi connectivity index (χ3n) is 0.702. The minimum Gasteiger partial charge on any atom is -0.308 e. The second-order valence-corrected chi connectivity index (χ2v) is 3.60. The van der Waals surface area contributed by atoms with Gasteiger partial charge < -0.3 is 9.05 Å². The molecule has 0 atom stereocenters. The van der Waals surface area contributed by atoms with Crippen molar-refractivity contribution in [2.24, 2.45) is 0 Å². The van der Waals surface area contributed by atoms with E-state index in [-0.39, 0.29) is 13.2 Å². The topological polar surface area (TPSA) is 35.5 Å². The Labute approximate surface area is 69.0 Å². The van der Waals surface area contributed by atoms with E-state index in [1.807, 2.05) is 0 Å². The van der Waals surface area contributed by atoms with Gasteiger partial charge in [0.15, 0.2) is 0 Å². The van der Waals surface area contributed by atoms with Crippen molar-refractivity contribution in [2.75, 3.05) is 18.8 Å². The third-order valence-corrected chi connectivity index (χ3v) is 2.73. The van der Waals surface area contributed by atoms with Crippen LogP contribution in [0.25, 0.3) is 0 Å². The lowest BCUT2D eigenvalue weighted by atomic mass is 10.9. The van der Waals surface area contributed by atoms with Crippen LogP contribution in [0.3, 0.4) is 0 Å². The van der Waals surface area contributed by atoms with Crippen molar-refractivity contribution in [3.05, 3.63) is 0 Å². The molecule has 0 unspecified atom stereocenters. The fourth-order valence-electron chi connectivity index (χ4n) is 0.426. The summed E-state index contributed by atoms with van der Waals surface area (Å²) in [5, 5.41) is 0. The molecule has 3 nitrogen and oxygen atoms in total. The van der Waals surface area contributed by atoms with E-state index in [0.29, 0.717) is 0 Å². The lowest BCUT2D eigenvalue weighted by Crippen LogP contribution is -1.95. The van der Waals surface area contributed by atoms with Crippen molar-refractivity contribution in [1.29, 1.82) is 0 Å². The number of hydrogen-bond acceptors (Lipinski definition) is 3. The largest absolute Gasteiger partial charge is 0.345 e. The molecule has 62 valence electrons. The van der Waals surface area contributed by atoms with Gasteiger partial charge in [-0.3, -0.25) is 4.57 Å². The Morgan fingerprint density at radius 2 is 1.90 bits per heavy atom. The first-order valence-electron chi connectivity index (χ1n) is 3.95. The summed E-state index contributed by atoms with van der Waals surface area (Å²) in [6.07, 6.45) is 0. The van der Waals surface area contributed by atoms with E-state index in [2.05, 4.69) is 9.05 Å². The molecule has 0 bridgehead atoms. The second kappa shape index (κ2) is 5.14. The monoisotopic (exact) mass is 188 g/mol. The quantitative estimate of drug-likeness (QED) is 0.491. The Morgan fingerprint density at radius 3 is 2.10 bits per heavy atom. The average Bonchev–Trinajstić information content (AvgIpc) is 1.86. The summed E-state index contributed by atoms with van der Waals surface area (Å²) >= 11 is 5.22. The number of rotatable bonds is 5. The van der Waals surface area contributed by atoms with Crippen molar-refractivity contribution in [3.8, 4) is 0 Å². The van der Waals surface area contributed by atoms with Gasteiger partial charge in [0.1, 0.15) is 5.57 Å². The van der Waals surface area contributed by atoms with Gasteiger partial charge in [0.2, 0.25) is 0 Å². The Hall–Kier alpha value is 0.440. The standard InChI is InChI=1S/C5H12ClO3P/c1-3-8-10(7,5-6)9-4-2/h3-5H2,1-2H3/i5D2. The van der Waals surface area contributed by atoms with Crippen LogP contribution in [-0.4, -0.2) is 18.8 Å². The second-order valence-electron chi connectivity index (χ2n) is 1.42. The molecule has 0 rings (SSSR count). The van der Waals surface area contributed by atoms with Gasteiger partial charge in [-0.25, -0.2) is 0 Å². The van der Waals surface area contributed by atoms with E-state index in [1.165, 1.54) is 0 Å². The molecule has 0 aromatic carbocycles. The molecule has 0 saturated heterocycles.